The molecule has 1 aliphatic rings. The second-order valence-electron chi connectivity index (χ2n) is 8.74. The van der Waals surface area contributed by atoms with E-state index in [1.165, 1.54) is 4.57 Å². The molecular formula is C24H26N4O6S. The minimum atomic E-state index is -3.43. The normalized spacial score (nSPS) is 14.7. The summed E-state index contributed by atoms with van der Waals surface area (Å²) in [5.41, 5.74) is 0.742. The van der Waals surface area contributed by atoms with Crippen molar-refractivity contribution in [2.24, 2.45) is 0 Å². The molecular weight excluding hydrogens is 472 g/mol. The number of hydrogen-bond acceptors (Lipinski definition) is 7. The first kappa shape index (κ1) is 24.4. The van der Waals surface area contributed by atoms with Gasteiger partial charge in [-0.2, -0.15) is 0 Å². The number of aromatic nitrogens is 2. The van der Waals surface area contributed by atoms with Crippen LogP contribution in [0.1, 0.15) is 35.7 Å². The maximum Gasteiger partial charge on any atom is 0.296 e. The van der Waals surface area contributed by atoms with Crippen molar-refractivity contribution in [2.75, 3.05) is 17.6 Å². The van der Waals surface area contributed by atoms with E-state index in [0.717, 1.165) is 22.9 Å². The van der Waals surface area contributed by atoms with Crippen LogP contribution < -0.4 is 15.6 Å². The zero-order chi connectivity index (χ0) is 25.4. The highest BCUT2D eigenvalue weighted by atomic mass is 32.2. The van der Waals surface area contributed by atoms with Crippen molar-refractivity contribution in [1.29, 1.82) is 0 Å². The number of nitrogens with one attached hydrogen (secondary N) is 2. The van der Waals surface area contributed by atoms with Crippen molar-refractivity contribution in [1.82, 2.24) is 14.9 Å². The number of aromatic hydroxyl groups is 1. The van der Waals surface area contributed by atoms with Crippen LogP contribution in [0.4, 0.5) is 5.69 Å². The molecule has 0 spiro atoms. The fourth-order valence-electron chi connectivity index (χ4n) is 4.01. The van der Waals surface area contributed by atoms with Crippen LogP contribution in [0.2, 0.25) is 0 Å². The number of sulfonamides is 1. The fraction of sp³-hybridized carbons (Fsp3) is 0.292. The monoisotopic (exact) mass is 498 g/mol. The number of carbonyl (C=O) groups excluding carboxylic acids is 1. The van der Waals surface area contributed by atoms with E-state index >= 15 is 0 Å². The first-order valence-electron chi connectivity index (χ1n) is 10.9. The number of rotatable bonds is 6. The third-order valence-electron chi connectivity index (χ3n) is 5.61. The first-order valence-corrected chi connectivity index (χ1v) is 12.8. The van der Waals surface area contributed by atoms with Gasteiger partial charge in [0.15, 0.2) is 5.69 Å². The number of anilines is 1. The molecule has 0 fully saturated rings. The molecule has 0 saturated carbocycles. The molecule has 0 saturated heterocycles. The summed E-state index contributed by atoms with van der Waals surface area (Å²) < 4.78 is 32.6. The zero-order valence-electron chi connectivity index (χ0n) is 19.5. The molecule has 11 heteroatoms. The lowest BCUT2D eigenvalue weighted by Crippen LogP contribution is -2.42. The molecule has 1 aliphatic heterocycles. The Labute approximate surface area is 202 Å². The van der Waals surface area contributed by atoms with Gasteiger partial charge in [0.2, 0.25) is 15.8 Å². The molecule has 1 amide bonds. The summed E-state index contributed by atoms with van der Waals surface area (Å²) in [4.78, 5) is 29.9. The SMILES string of the molecule is CC1(C)OCCn2c1nc(C(=O)NCc1ccccc1-c1cccc(NS(C)(=O)=O)c1)c(O)c2=O. The van der Waals surface area contributed by atoms with Crippen LogP contribution in [-0.2, 0) is 33.5 Å². The highest BCUT2D eigenvalue weighted by Gasteiger charge is 2.34. The van der Waals surface area contributed by atoms with Gasteiger partial charge in [-0.05, 0) is 42.7 Å². The predicted octanol–water partition coefficient (Wildman–Crippen LogP) is 2.18. The van der Waals surface area contributed by atoms with Crippen molar-refractivity contribution in [3.05, 3.63) is 76.0 Å². The van der Waals surface area contributed by atoms with Crippen LogP contribution in [0.5, 0.6) is 5.75 Å². The van der Waals surface area contributed by atoms with Gasteiger partial charge in [-0.25, -0.2) is 13.4 Å². The van der Waals surface area contributed by atoms with Crippen molar-refractivity contribution >= 4 is 21.6 Å². The standard InChI is InChI=1S/C24H26N4O6S/c1-24(2)23-26-19(20(29)22(31)28(23)11-12-34-24)21(30)25-14-16-7-4-5-10-18(16)15-8-6-9-17(13-15)27-35(3,32)33/h4-10,13,27,29H,11-12,14H2,1-3H3,(H,25,30). The quantitative estimate of drug-likeness (QED) is 0.473. The Balaban J connectivity index is 1.61. The summed E-state index contributed by atoms with van der Waals surface area (Å²) in [6.45, 7) is 4.10. The second-order valence-corrected chi connectivity index (χ2v) is 10.5. The average Bonchev–Trinajstić information content (AvgIpc) is 2.79. The highest BCUT2D eigenvalue weighted by Crippen LogP contribution is 2.28. The molecule has 4 rings (SSSR count). The molecule has 0 aliphatic carbocycles. The predicted molar refractivity (Wildman–Crippen MR) is 131 cm³/mol. The van der Waals surface area contributed by atoms with E-state index in [9.17, 15) is 23.1 Å². The lowest BCUT2D eigenvalue weighted by Gasteiger charge is -2.32. The van der Waals surface area contributed by atoms with Gasteiger partial charge >= 0.3 is 0 Å². The summed E-state index contributed by atoms with van der Waals surface area (Å²) in [5, 5.41) is 13.1. The maximum absolute atomic E-state index is 12.9. The van der Waals surface area contributed by atoms with Gasteiger partial charge < -0.3 is 15.2 Å². The third kappa shape index (κ3) is 5.20. The smallest absolute Gasteiger partial charge is 0.296 e. The fourth-order valence-corrected chi connectivity index (χ4v) is 4.56. The molecule has 35 heavy (non-hydrogen) atoms. The van der Waals surface area contributed by atoms with Crippen LogP contribution in [-0.4, -0.2) is 41.8 Å². The molecule has 1 aromatic heterocycles. The molecule has 3 aromatic rings. The Morgan fingerprint density at radius 2 is 1.94 bits per heavy atom. The lowest BCUT2D eigenvalue weighted by atomic mass is 9.99. The van der Waals surface area contributed by atoms with E-state index in [1.54, 1.807) is 32.0 Å². The van der Waals surface area contributed by atoms with Crippen LogP contribution >= 0.6 is 0 Å². The van der Waals surface area contributed by atoms with Crippen LogP contribution in [0.3, 0.4) is 0 Å². The number of carbonyl (C=O) groups is 1. The Hall–Kier alpha value is -3.70. The van der Waals surface area contributed by atoms with Crippen LogP contribution in [0.25, 0.3) is 11.1 Å². The van der Waals surface area contributed by atoms with E-state index < -0.39 is 32.8 Å². The molecule has 3 N–H and O–H groups in total. The van der Waals surface area contributed by atoms with Gasteiger partial charge in [-0.1, -0.05) is 36.4 Å². The number of hydrogen-bond donors (Lipinski definition) is 3. The summed E-state index contributed by atoms with van der Waals surface area (Å²) in [7, 11) is -3.43. The van der Waals surface area contributed by atoms with Crippen LogP contribution in [0, 0.1) is 0 Å². The van der Waals surface area contributed by atoms with E-state index in [0.29, 0.717) is 12.3 Å². The molecule has 10 nitrogen and oxygen atoms in total. The Morgan fingerprint density at radius 3 is 2.69 bits per heavy atom. The Bertz CT molecular complexity index is 1460. The number of benzene rings is 2. The van der Waals surface area contributed by atoms with Crippen molar-refractivity contribution < 1.29 is 23.1 Å². The second kappa shape index (κ2) is 9.16. The van der Waals surface area contributed by atoms with Crippen molar-refractivity contribution in [2.45, 2.75) is 32.5 Å². The average molecular weight is 499 g/mol. The molecule has 2 heterocycles. The van der Waals surface area contributed by atoms with Crippen molar-refractivity contribution in [3.63, 3.8) is 0 Å². The number of fused-ring (bicyclic) bond motifs is 1. The third-order valence-corrected chi connectivity index (χ3v) is 6.22. The van der Waals surface area contributed by atoms with Gasteiger partial charge in [0.25, 0.3) is 11.5 Å². The first-order chi connectivity index (χ1) is 16.5. The van der Waals surface area contributed by atoms with E-state index in [-0.39, 0.29) is 24.6 Å². The Kier molecular flexibility index (Phi) is 6.39. The largest absolute Gasteiger partial charge is 0.501 e. The van der Waals surface area contributed by atoms with Gasteiger partial charge in [-0.15, -0.1) is 0 Å². The van der Waals surface area contributed by atoms with Crippen molar-refractivity contribution in [3.8, 4) is 16.9 Å². The molecule has 0 atom stereocenters. The summed E-state index contributed by atoms with van der Waals surface area (Å²) in [6, 6.07) is 14.2. The van der Waals surface area contributed by atoms with Gasteiger partial charge in [-0.3, -0.25) is 18.9 Å². The van der Waals surface area contributed by atoms with Crippen LogP contribution in [0.15, 0.2) is 53.3 Å². The minimum absolute atomic E-state index is 0.0815. The topological polar surface area (TPSA) is 140 Å². The lowest BCUT2D eigenvalue weighted by molar-refractivity contribution is -0.0566. The van der Waals surface area contributed by atoms with E-state index in [4.69, 9.17) is 4.74 Å². The van der Waals surface area contributed by atoms with Gasteiger partial charge in [0.05, 0.1) is 19.4 Å². The Morgan fingerprint density at radius 1 is 1.20 bits per heavy atom. The maximum atomic E-state index is 12.9. The molecule has 0 bridgehead atoms. The van der Waals surface area contributed by atoms with Gasteiger partial charge in [0, 0.05) is 12.2 Å². The number of ether oxygens (including phenoxy) is 1. The highest BCUT2D eigenvalue weighted by molar-refractivity contribution is 7.92. The van der Waals surface area contributed by atoms with E-state index in [1.807, 2.05) is 30.3 Å². The molecule has 2 aromatic carbocycles. The number of nitrogens with zero attached hydrogens (tertiary/aromatic N) is 2. The molecule has 0 unspecified atom stereocenters. The van der Waals surface area contributed by atoms with Gasteiger partial charge in [0.1, 0.15) is 11.4 Å². The summed E-state index contributed by atoms with van der Waals surface area (Å²) in [5.74, 6) is -1.14. The summed E-state index contributed by atoms with van der Waals surface area (Å²) in [6.07, 6.45) is 1.08. The molecule has 184 valence electrons. The number of amides is 1. The molecule has 0 radical (unpaired) electrons. The van der Waals surface area contributed by atoms with E-state index in [2.05, 4.69) is 15.0 Å². The minimum Gasteiger partial charge on any atom is -0.501 e. The zero-order valence-corrected chi connectivity index (χ0v) is 20.3. The summed E-state index contributed by atoms with van der Waals surface area (Å²) >= 11 is 0.